The van der Waals surface area contributed by atoms with Gasteiger partial charge in [-0.25, -0.2) is 0 Å². The Hall–Kier alpha value is -2.10. The summed E-state index contributed by atoms with van der Waals surface area (Å²) in [6.07, 6.45) is 2.12. The third-order valence-corrected chi connectivity index (χ3v) is 10.2. The Morgan fingerprint density at radius 2 is 1.79 bits per heavy atom. The highest BCUT2D eigenvalue weighted by Gasteiger charge is 2.76. The lowest BCUT2D eigenvalue weighted by atomic mass is 9.56. The molecule has 0 unspecified atom stereocenters. The van der Waals surface area contributed by atoms with Crippen LogP contribution in [-0.2, 0) is 19.2 Å². The first kappa shape index (κ1) is 27.5. The summed E-state index contributed by atoms with van der Waals surface area (Å²) in [5.41, 5.74) is 0.400. The molecule has 1 aromatic rings. The molecule has 1 N–H and O–H groups in total. The van der Waals surface area contributed by atoms with E-state index in [1.807, 2.05) is 26.8 Å². The Morgan fingerprint density at radius 1 is 1.11 bits per heavy atom. The number of carbonyl (C=O) groups excluding carboxylic acids is 4. The Kier molecular flexibility index (Phi) is 6.48. The highest BCUT2D eigenvalue weighted by Crippen LogP contribution is 2.65. The second-order valence-corrected chi connectivity index (χ2v) is 13.1. The van der Waals surface area contributed by atoms with Gasteiger partial charge in [-0.05, 0) is 64.2 Å². The topological polar surface area (TPSA) is 104 Å². The Balaban J connectivity index is 1.73. The van der Waals surface area contributed by atoms with Crippen molar-refractivity contribution in [2.24, 2.45) is 17.8 Å². The van der Waals surface area contributed by atoms with Crippen LogP contribution >= 0.6 is 39.1 Å². The number of benzene rings is 1. The van der Waals surface area contributed by atoms with Crippen molar-refractivity contribution in [3.05, 3.63) is 35.4 Å². The zero-order valence-corrected chi connectivity index (χ0v) is 24.6. The van der Waals surface area contributed by atoms with Crippen LogP contribution in [0.25, 0.3) is 0 Å². The van der Waals surface area contributed by atoms with Crippen LogP contribution in [0, 0.1) is 17.8 Å². The van der Waals surface area contributed by atoms with E-state index < -0.39 is 50.8 Å². The molecule has 2 heterocycles. The molecule has 204 valence electrons. The molecule has 5 rings (SSSR count). The van der Waals surface area contributed by atoms with Gasteiger partial charge >= 0.3 is 0 Å². The highest BCUT2D eigenvalue weighted by molar-refractivity contribution is 9.09. The van der Waals surface area contributed by atoms with E-state index in [1.54, 1.807) is 19.1 Å². The van der Waals surface area contributed by atoms with Crippen molar-refractivity contribution in [1.82, 2.24) is 9.80 Å². The van der Waals surface area contributed by atoms with Crippen LogP contribution in [0.15, 0.2) is 29.8 Å². The summed E-state index contributed by atoms with van der Waals surface area (Å²) >= 11 is 17.6. The predicted molar refractivity (Wildman–Crippen MR) is 144 cm³/mol. The molecular weight excluding hydrogens is 599 g/mol. The van der Waals surface area contributed by atoms with Crippen molar-refractivity contribution in [3.8, 4) is 11.5 Å². The first-order chi connectivity index (χ1) is 17.7. The van der Waals surface area contributed by atoms with Crippen molar-refractivity contribution < 1.29 is 29.0 Å². The number of imide groups is 2. The van der Waals surface area contributed by atoms with E-state index in [0.717, 1.165) is 4.90 Å². The SMILES string of the molecule is CCOc1cc([C@H]2C3=CC[C@@H]4C(=O)N(C(C)(C)C)C(=O)[C@@H]4[C@@H]3C[C@@]3(Cl)C(=O)N(CBr)C(=O)[C@@]23Cl)ccc1O. The summed E-state index contributed by atoms with van der Waals surface area (Å²) in [7, 11) is 0. The number of hydrogen-bond acceptors (Lipinski definition) is 6. The normalized spacial score (nSPS) is 34.8. The van der Waals surface area contributed by atoms with Gasteiger partial charge in [0, 0.05) is 11.5 Å². The maximum absolute atomic E-state index is 13.8. The number of rotatable bonds is 4. The molecule has 0 spiro atoms. The quantitative estimate of drug-likeness (QED) is 0.231. The number of likely N-dealkylation sites (tertiary alicyclic amines) is 2. The van der Waals surface area contributed by atoms with E-state index >= 15 is 0 Å². The maximum Gasteiger partial charge on any atom is 0.254 e. The van der Waals surface area contributed by atoms with Gasteiger partial charge in [0.1, 0.15) is 0 Å². The molecule has 38 heavy (non-hydrogen) atoms. The summed E-state index contributed by atoms with van der Waals surface area (Å²) in [5, 5.41) is 10.3. The van der Waals surface area contributed by atoms with E-state index in [4.69, 9.17) is 27.9 Å². The summed E-state index contributed by atoms with van der Waals surface area (Å²) in [6, 6.07) is 4.66. The highest BCUT2D eigenvalue weighted by atomic mass is 79.9. The van der Waals surface area contributed by atoms with Crippen molar-refractivity contribution in [1.29, 1.82) is 0 Å². The van der Waals surface area contributed by atoms with E-state index in [2.05, 4.69) is 15.9 Å². The third-order valence-electron chi connectivity index (χ3n) is 8.30. The number of carbonyl (C=O) groups is 4. The minimum atomic E-state index is -1.90. The second kappa shape index (κ2) is 8.96. The Bertz CT molecular complexity index is 1290. The van der Waals surface area contributed by atoms with Crippen LogP contribution in [0.5, 0.6) is 11.5 Å². The fourth-order valence-corrected chi connectivity index (χ4v) is 8.20. The zero-order valence-electron chi connectivity index (χ0n) is 21.5. The average Bonchev–Trinajstić information content (AvgIpc) is 3.19. The van der Waals surface area contributed by atoms with Crippen molar-refractivity contribution in [3.63, 3.8) is 0 Å². The number of nitrogens with zero attached hydrogens (tertiary/aromatic N) is 2. The van der Waals surface area contributed by atoms with Crippen LogP contribution in [-0.4, -0.2) is 65.9 Å². The molecule has 2 saturated heterocycles. The number of fused-ring (bicyclic) bond motifs is 4. The van der Waals surface area contributed by atoms with E-state index in [-0.39, 0.29) is 41.8 Å². The molecule has 2 aliphatic carbocycles. The van der Waals surface area contributed by atoms with Gasteiger partial charge in [-0.1, -0.05) is 33.6 Å². The number of allylic oxidation sites excluding steroid dienone is 2. The monoisotopic (exact) mass is 626 g/mol. The smallest absolute Gasteiger partial charge is 0.254 e. The molecule has 8 nitrogen and oxygen atoms in total. The number of alkyl halides is 3. The molecule has 4 amide bonds. The lowest BCUT2D eigenvalue weighted by Gasteiger charge is -2.50. The van der Waals surface area contributed by atoms with Crippen molar-refractivity contribution in [2.45, 2.75) is 61.7 Å². The molecule has 0 aromatic heterocycles. The Labute approximate surface area is 239 Å². The molecule has 3 fully saturated rings. The first-order valence-electron chi connectivity index (χ1n) is 12.6. The molecule has 11 heteroatoms. The summed E-state index contributed by atoms with van der Waals surface area (Å²) < 4.78 is 5.60. The molecule has 6 atom stereocenters. The number of aromatic hydroxyl groups is 1. The molecule has 2 aliphatic heterocycles. The van der Waals surface area contributed by atoms with Gasteiger partial charge in [0.15, 0.2) is 21.2 Å². The Morgan fingerprint density at radius 3 is 2.39 bits per heavy atom. The molecule has 4 aliphatic rings. The van der Waals surface area contributed by atoms with Crippen molar-refractivity contribution >= 4 is 62.8 Å². The molecule has 1 aromatic carbocycles. The number of halogens is 3. The minimum absolute atomic E-state index is 0.0664. The number of phenolic OH excluding ortho intramolecular Hbond substituents is 1. The third kappa shape index (κ3) is 3.47. The summed E-state index contributed by atoms with van der Waals surface area (Å²) in [6.45, 7) is 7.49. The number of hydrogen-bond donors (Lipinski definition) is 1. The standard InChI is InChI=1S/C27H29BrCl2N2O6/c1-5-38-18-10-13(6-9-17(18)33)20-14-7-8-15-19(22(35)32(21(15)34)25(2,3)4)16(14)11-26(29)23(36)31(12-28)24(37)27(20,26)30/h6-7,9-10,15-16,19-20,33H,5,8,11-12H2,1-4H3/t15-,16+,19-,20-,26+,27-/m0/s1. The van der Waals surface area contributed by atoms with E-state index in [0.29, 0.717) is 17.6 Å². The van der Waals surface area contributed by atoms with E-state index in [1.165, 1.54) is 11.0 Å². The van der Waals surface area contributed by atoms with Crippen LogP contribution in [0.3, 0.4) is 0 Å². The van der Waals surface area contributed by atoms with Crippen LogP contribution in [0.2, 0.25) is 0 Å². The minimum Gasteiger partial charge on any atom is -0.504 e. The lowest BCUT2D eigenvalue weighted by molar-refractivity contribution is -0.146. The molecule has 1 saturated carbocycles. The summed E-state index contributed by atoms with van der Waals surface area (Å²) in [4.78, 5) is 53.2. The maximum atomic E-state index is 13.8. The van der Waals surface area contributed by atoms with Gasteiger partial charge in [-0.3, -0.25) is 29.0 Å². The lowest BCUT2D eigenvalue weighted by Crippen LogP contribution is -2.60. The van der Waals surface area contributed by atoms with Crippen molar-refractivity contribution in [2.75, 3.05) is 12.1 Å². The zero-order chi connectivity index (χ0) is 27.9. The fourth-order valence-electron chi connectivity index (χ4n) is 6.77. The van der Waals surface area contributed by atoms with Gasteiger partial charge in [-0.2, -0.15) is 0 Å². The first-order valence-corrected chi connectivity index (χ1v) is 14.5. The van der Waals surface area contributed by atoms with Crippen LogP contribution in [0.4, 0.5) is 0 Å². The largest absolute Gasteiger partial charge is 0.504 e. The fraction of sp³-hybridized carbons (Fsp3) is 0.556. The van der Waals surface area contributed by atoms with Crippen LogP contribution < -0.4 is 4.74 Å². The number of phenols is 1. The van der Waals surface area contributed by atoms with Gasteiger partial charge in [0.2, 0.25) is 11.8 Å². The molecule has 0 radical (unpaired) electrons. The van der Waals surface area contributed by atoms with Crippen LogP contribution in [0.1, 0.15) is 52.0 Å². The predicted octanol–water partition coefficient (Wildman–Crippen LogP) is 4.30. The average molecular weight is 628 g/mol. The van der Waals surface area contributed by atoms with Gasteiger partial charge in [0.05, 0.1) is 23.9 Å². The number of ether oxygens (including phenoxy) is 1. The molecular formula is C27H29BrCl2N2O6. The van der Waals surface area contributed by atoms with Gasteiger partial charge in [-0.15, -0.1) is 23.2 Å². The summed E-state index contributed by atoms with van der Waals surface area (Å²) in [5.74, 6) is -4.55. The second-order valence-electron chi connectivity index (χ2n) is 11.3. The van der Waals surface area contributed by atoms with Gasteiger partial charge in [0.25, 0.3) is 11.8 Å². The number of amides is 4. The molecule has 0 bridgehead atoms. The van der Waals surface area contributed by atoms with E-state index in [9.17, 15) is 24.3 Å². The van der Waals surface area contributed by atoms with Gasteiger partial charge < -0.3 is 9.84 Å².